The normalized spacial score (nSPS) is 10.7. The van der Waals surface area contributed by atoms with E-state index in [-0.39, 0.29) is 0 Å². The summed E-state index contributed by atoms with van der Waals surface area (Å²) in [5.41, 5.74) is 4.06. The topological polar surface area (TPSA) is 22.1 Å². The summed E-state index contributed by atoms with van der Waals surface area (Å²) in [5, 5.41) is 4.47. The Morgan fingerprint density at radius 3 is 2.72 bits per heavy atom. The van der Waals surface area contributed by atoms with E-state index in [1.54, 1.807) is 11.3 Å². The van der Waals surface area contributed by atoms with Crippen LogP contribution in [-0.4, -0.2) is 11.6 Å². The standard InChI is InChI=1S/C15H13NOS/c1-2-17-14-6-5-11-7-13(4-3-12(11)8-14)15-9-18-10-16-15/h3-10H,2H2,1H3. The molecule has 0 spiro atoms. The summed E-state index contributed by atoms with van der Waals surface area (Å²) in [6, 6.07) is 12.6. The first-order valence-corrected chi connectivity index (χ1v) is 6.86. The van der Waals surface area contributed by atoms with Gasteiger partial charge in [0, 0.05) is 10.9 Å². The molecule has 0 aliphatic heterocycles. The van der Waals surface area contributed by atoms with Gasteiger partial charge < -0.3 is 4.74 Å². The molecule has 0 atom stereocenters. The first kappa shape index (κ1) is 11.2. The van der Waals surface area contributed by atoms with E-state index in [0.29, 0.717) is 6.61 Å². The zero-order valence-corrected chi connectivity index (χ0v) is 10.9. The number of aromatic nitrogens is 1. The smallest absolute Gasteiger partial charge is 0.119 e. The van der Waals surface area contributed by atoms with Crippen molar-refractivity contribution in [3.63, 3.8) is 0 Å². The minimum Gasteiger partial charge on any atom is -0.494 e. The zero-order valence-electron chi connectivity index (χ0n) is 10.1. The third-order valence-electron chi connectivity index (χ3n) is 2.85. The minimum absolute atomic E-state index is 0.697. The molecule has 0 radical (unpaired) electrons. The number of hydrogen-bond acceptors (Lipinski definition) is 3. The van der Waals surface area contributed by atoms with Gasteiger partial charge in [0.25, 0.3) is 0 Å². The van der Waals surface area contributed by atoms with Crippen LogP contribution >= 0.6 is 11.3 Å². The van der Waals surface area contributed by atoms with Crippen LogP contribution in [0.1, 0.15) is 6.92 Å². The maximum Gasteiger partial charge on any atom is 0.119 e. The SMILES string of the molecule is CCOc1ccc2cc(-c3cscn3)ccc2c1. The number of ether oxygens (including phenoxy) is 1. The van der Waals surface area contributed by atoms with Crippen molar-refractivity contribution in [1.82, 2.24) is 4.98 Å². The second kappa shape index (κ2) is 4.78. The fourth-order valence-corrected chi connectivity index (χ4v) is 2.56. The molecule has 1 aromatic heterocycles. The quantitative estimate of drug-likeness (QED) is 0.693. The van der Waals surface area contributed by atoms with Crippen molar-refractivity contribution in [2.45, 2.75) is 6.92 Å². The molecule has 2 aromatic carbocycles. The first-order chi connectivity index (χ1) is 8.86. The molecule has 90 valence electrons. The number of thiazole rings is 1. The average Bonchev–Trinajstić information content (AvgIpc) is 2.92. The predicted octanol–water partition coefficient (Wildman–Crippen LogP) is 4.36. The molecule has 0 amide bonds. The summed E-state index contributed by atoms with van der Waals surface area (Å²) in [4.78, 5) is 4.33. The Labute approximate surface area is 110 Å². The molecule has 1 heterocycles. The van der Waals surface area contributed by atoms with Gasteiger partial charge in [0.05, 0.1) is 17.8 Å². The van der Waals surface area contributed by atoms with Crippen molar-refractivity contribution >= 4 is 22.1 Å². The Balaban J connectivity index is 2.06. The van der Waals surface area contributed by atoms with Crippen molar-refractivity contribution in [3.05, 3.63) is 47.3 Å². The van der Waals surface area contributed by atoms with E-state index in [1.807, 2.05) is 18.5 Å². The fourth-order valence-electron chi connectivity index (χ4n) is 1.99. The van der Waals surface area contributed by atoms with E-state index in [1.165, 1.54) is 10.8 Å². The molecule has 0 saturated carbocycles. The Bertz CT molecular complexity index is 661. The zero-order chi connectivity index (χ0) is 12.4. The molecular weight excluding hydrogens is 242 g/mol. The van der Waals surface area contributed by atoms with Gasteiger partial charge in [-0.15, -0.1) is 11.3 Å². The Hall–Kier alpha value is -1.87. The lowest BCUT2D eigenvalue weighted by Gasteiger charge is -2.05. The first-order valence-electron chi connectivity index (χ1n) is 5.92. The summed E-state index contributed by atoms with van der Waals surface area (Å²) in [7, 11) is 0. The Morgan fingerprint density at radius 2 is 1.94 bits per heavy atom. The van der Waals surface area contributed by atoms with Gasteiger partial charge in [0.2, 0.25) is 0 Å². The van der Waals surface area contributed by atoms with Crippen molar-refractivity contribution in [1.29, 1.82) is 0 Å². The highest BCUT2D eigenvalue weighted by molar-refractivity contribution is 7.07. The van der Waals surface area contributed by atoms with E-state index in [0.717, 1.165) is 17.0 Å². The van der Waals surface area contributed by atoms with Crippen LogP contribution in [0.15, 0.2) is 47.3 Å². The van der Waals surface area contributed by atoms with Crippen molar-refractivity contribution in [3.8, 4) is 17.0 Å². The largest absolute Gasteiger partial charge is 0.494 e. The molecule has 18 heavy (non-hydrogen) atoms. The van der Waals surface area contributed by atoms with Crippen LogP contribution < -0.4 is 4.74 Å². The number of benzene rings is 2. The number of hydrogen-bond donors (Lipinski definition) is 0. The molecule has 0 saturated heterocycles. The van der Waals surface area contributed by atoms with E-state index >= 15 is 0 Å². The van der Waals surface area contributed by atoms with Crippen LogP contribution in [0.4, 0.5) is 0 Å². The Kier molecular flexibility index (Phi) is 2.99. The second-order valence-corrected chi connectivity index (χ2v) is 4.75. The average molecular weight is 255 g/mol. The number of fused-ring (bicyclic) bond motifs is 1. The van der Waals surface area contributed by atoms with Crippen LogP contribution in [-0.2, 0) is 0 Å². The highest BCUT2D eigenvalue weighted by atomic mass is 32.1. The van der Waals surface area contributed by atoms with Crippen LogP contribution in [0.2, 0.25) is 0 Å². The maximum absolute atomic E-state index is 5.51. The van der Waals surface area contributed by atoms with Gasteiger partial charge in [-0.2, -0.15) is 0 Å². The summed E-state index contributed by atoms with van der Waals surface area (Å²) in [5.74, 6) is 0.923. The highest BCUT2D eigenvalue weighted by Crippen LogP contribution is 2.26. The predicted molar refractivity (Wildman–Crippen MR) is 76.2 cm³/mol. The summed E-state index contributed by atoms with van der Waals surface area (Å²) < 4.78 is 5.51. The van der Waals surface area contributed by atoms with Gasteiger partial charge in [-0.3, -0.25) is 0 Å². The molecule has 0 aliphatic carbocycles. The molecule has 0 fully saturated rings. The molecular formula is C15H13NOS. The van der Waals surface area contributed by atoms with Crippen LogP contribution in [0.3, 0.4) is 0 Å². The number of rotatable bonds is 3. The van der Waals surface area contributed by atoms with E-state index in [4.69, 9.17) is 4.74 Å². The summed E-state index contributed by atoms with van der Waals surface area (Å²) >= 11 is 1.62. The fraction of sp³-hybridized carbons (Fsp3) is 0.133. The van der Waals surface area contributed by atoms with Gasteiger partial charge in [-0.05, 0) is 35.9 Å². The van der Waals surface area contributed by atoms with Crippen LogP contribution in [0.25, 0.3) is 22.0 Å². The van der Waals surface area contributed by atoms with Crippen LogP contribution in [0.5, 0.6) is 5.75 Å². The van der Waals surface area contributed by atoms with E-state index < -0.39 is 0 Å². The second-order valence-electron chi connectivity index (χ2n) is 4.03. The van der Waals surface area contributed by atoms with Gasteiger partial charge in [-0.25, -0.2) is 4.98 Å². The van der Waals surface area contributed by atoms with Crippen molar-refractivity contribution in [2.75, 3.05) is 6.61 Å². The lowest BCUT2D eigenvalue weighted by molar-refractivity contribution is 0.341. The van der Waals surface area contributed by atoms with Gasteiger partial charge in [-0.1, -0.05) is 18.2 Å². The monoisotopic (exact) mass is 255 g/mol. The molecule has 3 heteroatoms. The summed E-state index contributed by atoms with van der Waals surface area (Å²) in [6.07, 6.45) is 0. The molecule has 0 unspecified atom stereocenters. The van der Waals surface area contributed by atoms with Gasteiger partial charge in [0.1, 0.15) is 5.75 Å². The van der Waals surface area contributed by atoms with Crippen molar-refractivity contribution in [2.24, 2.45) is 0 Å². The lowest BCUT2D eigenvalue weighted by atomic mass is 10.1. The molecule has 0 N–H and O–H groups in total. The molecule has 3 rings (SSSR count). The molecule has 0 bridgehead atoms. The Morgan fingerprint density at radius 1 is 1.11 bits per heavy atom. The van der Waals surface area contributed by atoms with Crippen LogP contribution in [0, 0.1) is 0 Å². The molecule has 2 nitrogen and oxygen atoms in total. The summed E-state index contributed by atoms with van der Waals surface area (Å²) in [6.45, 7) is 2.69. The van der Waals surface area contributed by atoms with E-state index in [9.17, 15) is 0 Å². The molecule has 0 aliphatic rings. The number of nitrogens with zero attached hydrogens (tertiary/aromatic N) is 1. The minimum atomic E-state index is 0.697. The van der Waals surface area contributed by atoms with E-state index in [2.05, 4.69) is 40.7 Å². The lowest BCUT2D eigenvalue weighted by Crippen LogP contribution is -1.90. The third kappa shape index (κ3) is 2.09. The van der Waals surface area contributed by atoms with Gasteiger partial charge in [0.15, 0.2) is 0 Å². The van der Waals surface area contributed by atoms with Crippen molar-refractivity contribution < 1.29 is 4.74 Å². The molecule has 3 aromatic rings. The third-order valence-corrected chi connectivity index (χ3v) is 3.44. The highest BCUT2D eigenvalue weighted by Gasteiger charge is 2.02. The maximum atomic E-state index is 5.51. The van der Waals surface area contributed by atoms with Gasteiger partial charge >= 0.3 is 0 Å².